The molecular weight excluding hydrogens is 274 g/mol. The van der Waals surface area contributed by atoms with E-state index in [1.54, 1.807) is 24.3 Å². The maximum Gasteiger partial charge on any atom is 0.367 e. The van der Waals surface area contributed by atoms with E-state index in [1.165, 1.54) is 5.57 Å². The number of hydrogen-bond acceptors (Lipinski definition) is 3. The molecule has 1 aliphatic rings. The molecule has 0 heterocycles. The predicted octanol–water partition coefficient (Wildman–Crippen LogP) is 4.62. The highest BCUT2D eigenvalue weighted by atomic mass is 35.5. The van der Waals surface area contributed by atoms with Gasteiger partial charge in [-0.25, -0.2) is 4.79 Å². The summed E-state index contributed by atoms with van der Waals surface area (Å²) in [5.74, 6) is -0.530. The van der Waals surface area contributed by atoms with Crippen molar-refractivity contribution in [3.05, 3.63) is 46.5 Å². The van der Waals surface area contributed by atoms with Crippen molar-refractivity contribution in [1.82, 2.24) is 0 Å². The van der Waals surface area contributed by atoms with Gasteiger partial charge in [-0.3, -0.25) is 0 Å². The first-order valence-electron chi connectivity index (χ1n) is 6.57. The van der Waals surface area contributed by atoms with Crippen molar-refractivity contribution in [1.29, 1.82) is 0 Å². The summed E-state index contributed by atoms with van der Waals surface area (Å²) in [6.07, 6.45) is 3.80. The van der Waals surface area contributed by atoms with Crippen molar-refractivity contribution in [3.8, 4) is 0 Å². The van der Waals surface area contributed by atoms with Gasteiger partial charge < -0.3 is 4.84 Å². The fourth-order valence-corrected chi connectivity index (χ4v) is 2.74. The van der Waals surface area contributed by atoms with Crippen LogP contribution in [0.5, 0.6) is 0 Å². The number of rotatable bonds is 2. The molecule has 0 amide bonds. The van der Waals surface area contributed by atoms with Crippen molar-refractivity contribution in [2.45, 2.75) is 33.6 Å². The molecule has 0 saturated carbocycles. The molecule has 3 nitrogen and oxygen atoms in total. The lowest BCUT2D eigenvalue weighted by Crippen LogP contribution is -2.21. The van der Waals surface area contributed by atoms with Crippen LogP contribution < -0.4 is 0 Å². The summed E-state index contributed by atoms with van der Waals surface area (Å²) in [7, 11) is 0. The zero-order valence-corrected chi connectivity index (χ0v) is 12.7. The number of halogens is 1. The minimum Gasteiger partial charge on any atom is -0.312 e. The Morgan fingerprint density at radius 2 is 2.00 bits per heavy atom. The van der Waals surface area contributed by atoms with E-state index in [2.05, 4.69) is 25.9 Å². The van der Waals surface area contributed by atoms with Crippen molar-refractivity contribution in [2.24, 2.45) is 10.6 Å². The lowest BCUT2D eigenvalue weighted by Gasteiger charge is -2.28. The lowest BCUT2D eigenvalue weighted by molar-refractivity contribution is 0.0514. The van der Waals surface area contributed by atoms with Gasteiger partial charge in [-0.15, -0.1) is 0 Å². The normalized spacial score (nSPS) is 19.6. The van der Waals surface area contributed by atoms with E-state index in [-0.39, 0.29) is 5.41 Å². The van der Waals surface area contributed by atoms with Crippen molar-refractivity contribution in [2.75, 3.05) is 0 Å². The molecule has 20 heavy (non-hydrogen) atoms. The van der Waals surface area contributed by atoms with Gasteiger partial charge in [0.2, 0.25) is 0 Å². The van der Waals surface area contributed by atoms with Gasteiger partial charge in [0.15, 0.2) is 0 Å². The first-order valence-corrected chi connectivity index (χ1v) is 6.95. The summed E-state index contributed by atoms with van der Waals surface area (Å²) in [5, 5.41) is 4.35. The van der Waals surface area contributed by atoms with Crippen LogP contribution in [-0.4, -0.2) is 11.7 Å². The van der Waals surface area contributed by atoms with Gasteiger partial charge in [-0.2, -0.15) is 0 Å². The maximum atomic E-state index is 11.9. The second-order valence-electron chi connectivity index (χ2n) is 5.95. The third-order valence-electron chi connectivity index (χ3n) is 3.17. The molecule has 0 atom stereocenters. The van der Waals surface area contributed by atoms with Crippen molar-refractivity contribution in [3.63, 3.8) is 0 Å². The van der Waals surface area contributed by atoms with Crippen LogP contribution in [0.4, 0.5) is 0 Å². The average molecular weight is 292 g/mol. The standard InChI is InChI=1S/C16H18ClNO2/c1-11-8-12(10-16(2,3)9-11)18-20-15(19)13-6-4-5-7-14(13)17/h4-8H,9-10H2,1-3H3/b18-12+. The summed E-state index contributed by atoms with van der Waals surface area (Å²) in [5.41, 5.74) is 2.51. The molecule has 2 rings (SSSR count). The first-order chi connectivity index (χ1) is 9.37. The molecule has 1 aliphatic carbocycles. The number of hydrogen-bond donors (Lipinski definition) is 0. The largest absolute Gasteiger partial charge is 0.367 e. The minimum atomic E-state index is -0.530. The predicted molar refractivity (Wildman–Crippen MR) is 81.1 cm³/mol. The zero-order chi connectivity index (χ0) is 14.8. The number of benzene rings is 1. The first kappa shape index (κ1) is 14.8. The highest BCUT2D eigenvalue weighted by Gasteiger charge is 2.25. The summed E-state index contributed by atoms with van der Waals surface area (Å²) >= 11 is 5.95. The topological polar surface area (TPSA) is 38.7 Å². The van der Waals surface area contributed by atoms with E-state index < -0.39 is 5.97 Å². The van der Waals surface area contributed by atoms with E-state index in [9.17, 15) is 4.79 Å². The Kier molecular flexibility index (Phi) is 4.29. The molecule has 106 valence electrons. The SMILES string of the molecule is CC1=C/C(=N\OC(=O)c2ccccc2Cl)CC(C)(C)C1. The van der Waals surface area contributed by atoms with Crippen molar-refractivity contribution < 1.29 is 9.63 Å². The second-order valence-corrected chi connectivity index (χ2v) is 6.36. The second kappa shape index (κ2) is 5.80. The van der Waals surface area contributed by atoms with Crippen LogP contribution in [-0.2, 0) is 4.84 Å². The molecule has 1 aromatic carbocycles. The van der Waals surface area contributed by atoms with Gasteiger partial charge in [0.1, 0.15) is 0 Å². The molecule has 1 aromatic rings. The minimum absolute atomic E-state index is 0.147. The summed E-state index contributed by atoms with van der Waals surface area (Å²) < 4.78 is 0. The van der Waals surface area contributed by atoms with Gasteiger partial charge in [0.05, 0.1) is 16.3 Å². The average Bonchev–Trinajstić information content (AvgIpc) is 2.34. The number of carbonyl (C=O) groups excluding carboxylic acids is 1. The van der Waals surface area contributed by atoms with Crippen LogP contribution in [0.1, 0.15) is 44.0 Å². The number of allylic oxidation sites excluding steroid dienone is 2. The highest BCUT2D eigenvalue weighted by molar-refractivity contribution is 6.33. The van der Waals surface area contributed by atoms with Gasteiger partial charge in [-0.1, -0.05) is 48.3 Å². The van der Waals surface area contributed by atoms with Gasteiger partial charge >= 0.3 is 5.97 Å². The van der Waals surface area contributed by atoms with Gasteiger partial charge in [0.25, 0.3) is 0 Å². The molecule has 0 unspecified atom stereocenters. The van der Waals surface area contributed by atoms with E-state index >= 15 is 0 Å². The van der Waals surface area contributed by atoms with Crippen LogP contribution in [0, 0.1) is 5.41 Å². The molecule has 0 saturated heterocycles. The zero-order valence-electron chi connectivity index (χ0n) is 11.9. The van der Waals surface area contributed by atoms with Gasteiger partial charge in [-0.05, 0) is 43.4 Å². The van der Waals surface area contributed by atoms with Crippen LogP contribution in [0.3, 0.4) is 0 Å². The summed E-state index contributed by atoms with van der Waals surface area (Å²) in [6.45, 7) is 6.41. The highest BCUT2D eigenvalue weighted by Crippen LogP contribution is 2.33. The van der Waals surface area contributed by atoms with Crippen LogP contribution in [0.15, 0.2) is 41.1 Å². The van der Waals surface area contributed by atoms with Crippen LogP contribution >= 0.6 is 11.6 Å². The fourth-order valence-electron chi connectivity index (χ4n) is 2.53. The Balaban J connectivity index is 2.12. The van der Waals surface area contributed by atoms with Crippen LogP contribution in [0.2, 0.25) is 5.02 Å². The van der Waals surface area contributed by atoms with Crippen LogP contribution in [0.25, 0.3) is 0 Å². The molecule has 0 bridgehead atoms. The van der Waals surface area contributed by atoms with E-state index in [4.69, 9.17) is 16.4 Å². The van der Waals surface area contributed by atoms with E-state index in [0.717, 1.165) is 18.6 Å². The molecule has 0 fully saturated rings. The number of carbonyl (C=O) groups is 1. The van der Waals surface area contributed by atoms with Crippen molar-refractivity contribution >= 4 is 23.3 Å². The smallest absolute Gasteiger partial charge is 0.312 e. The Bertz CT molecular complexity index is 588. The Morgan fingerprint density at radius 1 is 1.30 bits per heavy atom. The summed E-state index contributed by atoms with van der Waals surface area (Å²) in [6, 6.07) is 6.78. The third-order valence-corrected chi connectivity index (χ3v) is 3.50. The molecular formula is C16H18ClNO2. The molecule has 0 spiro atoms. The molecule has 0 aromatic heterocycles. The molecule has 0 aliphatic heterocycles. The number of nitrogens with zero attached hydrogens (tertiary/aromatic N) is 1. The van der Waals surface area contributed by atoms with E-state index in [0.29, 0.717) is 10.6 Å². The molecule has 0 N–H and O–H groups in total. The Morgan fingerprint density at radius 3 is 2.65 bits per heavy atom. The fraction of sp³-hybridized carbons (Fsp3) is 0.375. The monoisotopic (exact) mass is 291 g/mol. The maximum absolute atomic E-state index is 11.9. The van der Waals surface area contributed by atoms with Gasteiger partial charge in [0, 0.05) is 0 Å². The Hall–Kier alpha value is -1.61. The molecule has 4 heteroatoms. The lowest BCUT2D eigenvalue weighted by atomic mass is 9.77. The quantitative estimate of drug-likeness (QED) is 0.589. The Labute approximate surface area is 124 Å². The van der Waals surface area contributed by atoms with E-state index in [1.807, 2.05) is 6.08 Å². The number of oxime groups is 1. The molecule has 0 radical (unpaired) electrons. The summed E-state index contributed by atoms with van der Waals surface area (Å²) in [4.78, 5) is 16.9. The third kappa shape index (κ3) is 3.70.